The molecule has 272 valence electrons. The Morgan fingerprint density at radius 3 is 2.22 bits per heavy atom. The number of benzene rings is 2. The molecule has 1 aliphatic heterocycles. The van der Waals surface area contributed by atoms with Gasteiger partial charge < -0.3 is 39.8 Å². The standard InChI is InChI=1S/C36H46N2O12/c1-8-20(4)27(40)33(44)47-21(5)26(38-31(42)23-15-12-16-24(28(23)41)37-18-39)32(43)49-29(19(2)3)34(45)50-30-25(48-35(46)36(30,6)7)17-22-13-10-9-11-14-22/h9-16,18-21,25-27,29-30,40-41H,8,17H2,1-7H3,(H,37,39)(H,38,42)/t20-,21+,25-,26+,27-,29-,30+/m0/s1. The molecule has 1 saturated heterocycles. The van der Waals surface area contributed by atoms with Crippen LogP contribution in [0.1, 0.15) is 70.8 Å². The van der Waals surface area contributed by atoms with E-state index in [4.69, 9.17) is 18.9 Å². The van der Waals surface area contributed by atoms with Crippen LogP contribution in [-0.4, -0.2) is 83.0 Å². The van der Waals surface area contributed by atoms with Crippen LogP contribution in [-0.2, 0) is 49.3 Å². The Hall–Kier alpha value is -4.98. The van der Waals surface area contributed by atoms with Gasteiger partial charge in [-0.05, 0) is 44.4 Å². The summed E-state index contributed by atoms with van der Waals surface area (Å²) in [6.45, 7) is 11.0. The van der Waals surface area contributed by atoms with Crippen molar-refractivity contribution in [2.45, 2.75) is 97.9 Å². The fourth-order valence-corrected chi connectivity index (χ4v) is 5.27. The van der Waals surface area contributed by atoms with Crippen molar-refractivity contribution in [1.29, 1.82) is 0 Å². The van der Waals surface area contributed by atoms with Crippen molar-refractivity contribution in [2.24, 2.45) is 17.3 Å². The zero-order valence-corrected chi connectivity index (χ0v) is 29.2. The van der Waals surface area contributed by atoms with E-state index in [1.165, 1.54) is 25.1 Å². The molecular weight excluding hydrogens is 652 g/mol. The molecule has 0 radical (unpaired) electrons. The molecule has 0 bridgehead atoms. The first-order chi connectivity index (χ1) is 23.5. The van der Waals surface area contributed by atoms with E-state index in [2.05, 4.69) is 10.6 Å². The molecule has 14 heteroatoms. The maximum absolute atomic E-state index is 13.8. The summed E-state index contributed by atoms with van der Waals surface area (Å²) in [7, 11) is 0. The number of anilines is 1. The summed E-state index contributed by atoms with van der Waals surface area (Å²) in [6, 6.07) is 11.3. The largest absolute Gasteiger partial charge is 0.505 e. The highest BCUT2D eigenvalue weighted by atomic mass is 16.6. The molecule has 4 N–H and O–H groups in total. The molecular formula is C36H46N2O12. The minimum absolute atomic E-state index is 0.0894. The molecule has 3 rings (SSSR count). The Morgan fingerprint density at radius 1 is 0.960 bits per heavy atom. The van der Waals surface area contributed by atoms with E-state index in [0.717, 1.165) is 5.56 Å². The fourth-order valence-electron chi connectivity index (χ4n) is 5.27. The molecule has 1 fully saturated rings. The average Bonchev–Trinajstić information content (AvgIpc) is 3.28. The number of carbonyl (C=O) groups is 6. The smallest absolute Gasteiger partial charge is 0.348 e. The van der Waals surface area contributed by atoms with Gasteiger partial charge in [0.1, 0.15) is 17.6 Å². The van der Waals surface area contributed by atoms with Crippen molar-refractivity contribution in [3.63, 3.8) is 0 Å². The molecule has 1 heterocycles. The number of amides is 2. The topological polar surface area (TPSA) is 204 Å². The number of nitrogens with one attached hydrogen (secondary N) is 2. The number of aliphatic hydroxyl groups is 1. The van der Waals surface area contributed by atoms with E-state index in [1.807, 2.05) is 30.3 Å². The van der Waals surface area contributed by atoms with Crippen LogP contribution in [0.15, 0.2) is 48.5 Å². The van der Waals surface area contributed by atoms with Crippen LogP contribution in [0.2, 0.25) is 0 Å². The van der Waals surface area contributed by atoms with Gasteiger partial charge in [-0.2, -0.15) is 0 Å². The van der Waals surface area contributed by atoms with Crippen molar-refractivity contribution in [3.05, 3.63) is 59.7 Å². The quantitative estimate of drug-likeness (QED) is 0.0865. The number of para-hydroxylation sites is 1. The monoisotopic (exact) mass is 698 g/mol. The van der Waals surface area contributed by atoms with E-state index in [0.29, 0.717) is 12.8 Å². The minimum Gasteiger partial charge on any atom is -0.505 e. The Bertz CT molecular complexity index is 1540. The molecule has 0 aliphatic carbocycles. The van der Waals surface area contributed by atoms with Crippen LogP contribution < -0.4 is 10.6 Å². The van der Waals surface area contributed by atoms with E-state index >= 15 is 0 Å². The molecule has 7 atom stereocenters. The zero-order valence-electron chi connectivity index (χ0n) is 29.2. The van der Waals surface area contributed by atoms with E-state index < -0.39 is 89.3 Å². The van der Waals surface area contributed by atoms with Crippen LogP contribution in [0.5, 0.6) is 5.75 Å². The molecule has 0 aromatic heterocycles. The zero-order chi connectivity index (χ0) is 37.3. The lowest BCUT2D eigenvalue weighted by atomic mass is 9.84. The highest BCUT2D eigenvalue weighted by Gasteiger charge is 2.54. The van der Waals surface area contributed by atoms with Crippen molar-refractivity contribution >= 4 is 41.9 Å². The molecule has 0 unspecified atom stereocenters. The second-order valence-corrected chi connectivity index (χ2v) is 13.2. The number of carbonyl (C=O) groups excluding carboxylic acids is 6. The number of hydrogen-bond acceptors (Lipinski definition) is 12. The number of hydrogen-bond donors (Lipinski definition) is 4. The van der Waals surface area contributed by atoms with E-state index in [9.17, 15) is 39.0 Å². The number of aliphatic hydroxyl groups excluding tert-OH is 1. The van der Waals surface area contributed by atoms with Gasteiger partial charge in [-0.3, -0.25) is 14.4 Å². The Kier molecular flexibility index (Phi) is 13.5. The molecule has 14 nitrogen and oxygen atoms in total. The molecule has 2 aromatic rings. The lowest BCUT2D eigenvalue weighted by Gasteiger charge is -2.30. The van der Waals surface area contributed by atoms with E-state index in [-0.39, 0.29) is 17.7 Å². The molecule has 0 spiro atoms. The summed E-state index contributed by atoms with van der Waals surface area (Å²) >= 11 is 0. The Balaban J connectivity index is 1.89. The number of rotatable bonds is 16. The molecule has 2 amide bonds. The predicted molar refractivity (Wildman–Crippen MR) is 178 cm³/mol. The minimum atomic E-state index is -1.76. The highest BCUT2D eigenvalue weighted by Crippen LogP contribution is 2.38. The second-order valence-electron chi connectivity index (χ2n) is 13.2. The van der Waals surface area contributed by atoms with Crippen LogP contribution in [0.25, 0.3) is 0 Å². The summed E-state index contributed by atoms with van der Waals surface area (Å²) < 4.78 is 22.4. The van der Waals surface area contributed by atoms with Crippen LogP contribution in [0.3, 0.4) is 0 Å². The number of cyclic esters (lactones) is 1. The van der Waals surface area contributed by atoms with Crippen LogP contribution >= 0.6 is 0 Å². The maximum Gasteiger partial charge on any atom is 0.348 e. The van der Waals surface area contributed by atoms with Crippen molar-refractivity contribution in [2.75, 3.05) is 5.32 Å². The number of aromatic hydroxyl groups is 1. The lowest BCUT2D eigenvalue weighted by Crippen LogP contribution is -2.53. The van der Waals surface area contributed by atoms with Gasteiger partial charge in [0.25, 0.3) is 5.91 Å². The summed E-state index contributed by atoms with van der Waals surface area (Å²) in [5.41, 5.74) is -0.820. The first-order valence-corrected chi connectivity index (χ1v) is 16.4. The number of esters is 4. The second kappa shape index (κ2) is 17.1. The Labute approximate surface area is 290 Å². The van der Waals surface area contributed by atoms with E-state index in [1.54, 1.807) is 41.5 Å². The summed E-state index contributed by atoms with van der Waals surface area (Å²) in [5.74, 6) is -6.58. The molecule has 2 aromatic carbocycles. The third-order valence-electron chi connectivity index (χ3n) is 8.67. The van der Waals surface area contributed by atoms with Crippen LogP contribution in [0.4, 0.5) is 5.69 Å². The number of phenols is 1. The summed E-state index contributed by atoms with van der Waals surface area (Å²) in [5, 5.41) is 25.6. The summed E-state index contributed by atoms with van der Waals surface area (Å²) in [4.78, 5) is 77.3. The third-order valence-corrected chi connectivity index (χ3v) is 8.67. The summed E-state index contributed by atoms with van der Waals surface area (Å²) in [6.07, 6.45) is -5.41. The third kappa shape index (κ3) is 9.37. The van der Waals surface area contributed by atoms with Gasteiger partial charge in [0, 0.05) is 12.3 Å². The van der Waals surface area contributed by atoms with Gasteiger partial charge >= 0.3 is 23.9 Å². The fraction of sp³-hybridized carbons (Fsp3) is 0.500. The Morgan fingerprint density at radius 2 is 1.62 bits per heavy atom. The highest BCUT2D eigenvalue weighted by molar-refractivity contribution is 6.01. The van der Waals surface area contributed by atoms with Gasteiger partial charge in [-0.25, -0.2) is 14.4 Å². The number of phenolic OH excluding ortho intramolecular Hbond substituents is 1. The normalized spacial score (nSPS) is 19.6. The van der Waals surface area contributed by atoms with Crippen molar-refractivity contribution in [1.82, 2.24) is 5.32 Å². The van der Waals surface area contributed by atoms with Gasteiger partial charge in [0.05, 0.1) is 11.3 Å². The first kappa shape index (κ1) is 39.5. The van der Waals surface area contributed by atoms with Gasteiger partial charge in [-0.1, -0.05) is 70.5 Å². The van der Waals surface area contributed by atoms with Crippen LogP contribution in [0, 0.1) is 17.3 Å². The molecule has 50 heavy (non-hydrogen) atoms. The SMILES string of the molecule is CC[C@H](C)[C@H](O)C(=O)O[C@H](C)[C@@H](NC(=O)c1cccc(NC=O)c1O)C(=O)O[C@H](C(=O)O[C@@H]1[C@H](Cc2ccccc2)OC(=O)C1(C)C)C(C)C. The van der Waals surface area contributed by atoms with Crippen molar-refractivity contribution in [3.8, 4) is 5.75 Å². The lowest BCUT2D eigenvalue weighted by molar-refractivity contribution is -0.183. The van der Waals surface area contributed by atoms with Gasteiger partial charge in [0.15, 0.2) is 24.0 Å². The van der Waals surface area contributed by atoms with Gasteiger partial charge in [-0.15, -0.1) is 0 Å². The predicted octanol–water partition coefficient (Wildman–Crippen LogP) is 3.07. The maximum atomic E-state index is 13.8. The number of ether oxygens (including phenoxy) is 4. The molecule has 0 saturated carbocycles. The average molecular weight is 699 g/mol. The van der Waals surface area contributed by atoms with Gasteiger partial charge in [0.2, 0.25) is 12.5 Å². The molecule has 1 aliphatic rings. The van der Waals surface area contributed by atoms with Crippen molar-refractivity contribution < 1.29 is 57.9 Å². The first-order valence-electron chi connectivity index (χ1n) is 16.4.